The predicted octanol–water partition coefficient (Wildman–Crippen LogP) is 1.79. The van der Waals surface area contributed by atoms with E-state index in [1.165, 1.54) is 0 Å². The highest BCUT2D eigenvalue weighted by atomic mass is 16.4. The number of carbonyl (C=O) groups is 1. The minimum Gasteiger partial charge on any atom is -0.481 e. The van der Waals surface area contributed by atoms with Crippen LogP contribution in [0.1, 0.15) is 25.6 Å². The summed E-state index contributed by atoms with van der Waals surface area (Å²) >= 11 is 0. The fourth-order valence-corrected chi connectivity index (χ4v) is 1.92. The zero-order chi connectivity index (χ0) is 12.6. The second-order valence-electron chi connectivity index (χ2n) is 4.31. The highest BCUT2D eigenvalue weighted by molar-refractivity contribution is 5.75. The quantitative estimate of drug-likeness (QED) is 0.877. The number of fused-ring (bicyclic) bond motifs is 1. The molecule has 17 heavy (non-hydrogen) atoms. The Morgan fingerprint density at radius 1 is 1.47 bits per heavy atom. The Balaban J connectivity index is 2.49. The second-order valence-corrected chi connectivity index (χ2v) is 4.31. The van der Waals surface area contributed by atoms with Crippen molar-refractivity contribution in [1.82, 2.24) is 14.5 Å². The molecule has 0 radical (unpaired) electrons. The molecule has 90 valence electrons. The molecule has 0 saturated carbocycles. The number of rotatable bonds is 3. The Morgan fingerprint density at radius 2 is 2.18 bits per heavy atom. The van der Waals surface area contributed by atoms with Crippen LogP contribution in [0.15, 0.2) is 18.5 Å². The smallest absolute Gasteiger partial charge is 0.306 e. The fraction of sp³-hybridized carbons (Fsp3) is 0.417. The average Bonchev–Trinajstić information content (AvgIpc) is 2.65. The number of hydrogen-bond acceptors (Lipinski definition) is 3. The molecule has 0 aromatic carbocycles. The summed E-state index contributed by atoms with van der Waals surface area (Å²) in [7, 11) is 1.90. The Kier molecular flexibility index (Phi) is 2.83. The van der Waals surface area contributed by atoms with E-state index in [-0.39, 0.29) is 5.92 Å². The van der Waals surface area contributed by atoms with Gasteiger partial charge in [0.2, 0.25) is 0 Å². The van der Waals surface area contributed by atoms with Gasteiger partial charge in [-0.15, -0.1) is 0 Å². The van der Waals surface area contributed by atoms with Crippen molar-refractivity contribution in [3.63, 3.8) is 0 Å². The zero-order valence-corrected chi connectivity index (χ0v) is 10.1. The molecule has 0 saturated heterocycles. The van der Waals surface area contributed by atoms with E-state index < -0.39 is 11.9 Å². The van der Waals surface area contributed by atoms with Crippen LogP contribution >= 0.6 is 0 Å². The van der Waals surface area contributed by atoms with Gasteiger partial charge >= 0.3 is 5.97 Å². The third kappa shape index (κ3) is 1.88. The summed E-state index contributed by atoms with van der Waals surface area (Å²) in [6, 6.07) is 1.88. The first-order valence-electron chi connectivity index (χ1n) is 5.51. The monoisotopic (exact) mass is 233 g/mol. The van der Waals surface area contributed by atoms with Crippen molar-refractivity contribution in [2.75, 3.05) is 0 Å². The van der Waals surface area contributed by atoms with Gasteiger partial charge in [0.25, 0.3) is 0 Å². The van der Waals surface area contributed by atoms with E-state index in [0.717, 1.165) is 16.9 Å². The SMILES string of the molecule is CC(C(=O)O)C(C)c1nc2cnccc2n1C. The van der Waals surface area contributed by atoms with E-state index in [1.54, 1.807) is 19.3 Å². The lowest BCUT2D eigenvalue weighted by Gasteiger charge is -2.15. The van der Waals surface area contributed by atoms with E-state index in [9.17, 15) is 4.79 Å². The number of pyridine rings is 1. The Labute approximate surface area is 99.1 Å². The van der Waals surface area contributed by atoms with Crippen molar-refractivity contribution in [1.29, 1.82) is 0 Å². The molecule has 5 heteroatoms. The Morgan fingerprint density at radius 3 is 2.76 bits per heavy atom. The van der Waals surface area contributed by atoms with Gasteiger partial charge in [-0.2, -0.15) is 0 Å². The van der Waals surface area contributed by atoms with Crippen LogP contribution in [-0.2, 0) is 11.8 Å². The molecule has 0 amide bonds. The molecule has 2 atom stereocenters. The van der Waals surface area contributed by atoms with E-state index in [2.05, 4.69) is 9.97 Å². The van der Waals surface area contributed by atoms with Crippen molar-refractivity contribution in [3.8, 4) is 0 Å². The Hall–Kier alpha value is -1.91. The zero-order valence-electron chi connectivity index (χ0n) is 10.1. The van der Waals surface area contributed by atoms with Crippen molar-refractivity contribution in [3.05, 3.63) is 24.3 Å². The van der Waals surface area contributed by atoms with Crippen LogP contribution in [0.25, 0.3) is 11.0 Å². The third-order valence-corrected chi connectivity index (χ3v) is 3.26. The molecule has 2 rings (SSSR count). The second kappa shape index (κ2) is 4.16. The fourth-order valence-electron chi connectivity index (χ4n) is 1.92. The molecule has 2 aromatic heterocycles. The predicted molar refractivity (Wildman–Crippen MR) is 63.7 cm³/mol. The summed E-state index contributed by atoms with van der Waals surface area (Å²) < 4.78 is 1.93. The number of imidazole rings is 1. The minimum absolute atomic E-state index is 0.134. The first kappa shape index (κ1) is 11.6. The van der Waals surface area contributed by atoms with Crippen molar-refractivity contribution < 1.29 is 9.90 Å². The minimum atomic E-state index is -0.803. The van der Waals surface area contributed by atoms with Gasteiger partial charge in [-0.3, -0.25) is 9.78 Å². The highest BCUT2D eigenvalue weighted by Gasteiger charge is 2.25. The number of nitrogens with zero attached hydrogens (tertiary/aromatic N) is 3. The first-order chi connectivity index (χ1) is 8.02. The molecule has 0 spiro atoms. The number of aryl methyl sites for hydroxylation is 1. The topological polar surface area (TPSA) is 68.0 Å². The lowest BCUT2D eigenvalue weighted by molar-refractivity contribution is -0.141. The van der Waals surface area contributed by atoms with Crippen molar-refractivity contribution in [2.45, 2.75) is 19.8 Å². The van der Waals surface area contributed by atoms with E-state index in [4.69, 9.17) is 5.11 Å². The largest absolute Gasteiger partial charge is 0.481 e. The van der Waals surface area contributed by atoms with E-state index >= 15 is 0 Å². The van der Waals surface area contributed by atoms with Gasteiger partial charge < -0.3 is 9.67 Å². The van der Waals surface area contributed by atoms with Crippen LogP contribution in [0, 0.1) is 5.92 Å². The van der Waals surface area contributed by atoms with Crippen molar-refractivity contribution >= 4 is 17.0 Å². The van der Waals surface area contributed by atoms with Crippen LogP contribution in [0.2, 0.25) is 0 Å². The lowest BCUT2D eigenvalue weighted by atomic mass is 9.95. The van der Waals surface area contributed by atoms with Crippen LogP contribution in [-0.4, -0.2) is 25.6 Å². The molecule has 0 fully saturated rings. The number of carboxylic acids is 1. The normalized spacial score (nSPS) is 14.8. The standard InChI is InChI=1S/C12H15N3O2/c1-7(8(2)12(16)17)11-14-9-6-13-5-4-10(9)15(11)3/h4-8H,1-3H3,(H,16,17). The molecular formula is C12H15N3O2. The lowest BCUT2D eigenvalue weighted by Crippen LogP contribution is -2.19. The summed E-state index contributed by atoms with van der Waals surface area (Å²) in [4.78, 5) is 19.5. The number of hydrogen-bond donors (Lipinski definition) is 1. The maximum absolute atomic E-state index is 11.0. The van der Waals surface area contributed by atoms with Crippen LogP contribution in [0.4, 0.5) is 0 Å². The molecule has 0 aliphatic rings. The number of aliphatic carboxylic acids is 1. The van der Waals surface area contributed by atoms with Crippen LogP contribution in [0.5, 0.6) is 0 Å². The third-order valence-electron chi connectivity index (χ3n) is 3.26. The molecular weight excluding hydrogens is 218 g/mol. The molecule has 2 unspecified atom stereocenters. The molecule has 0 bridgehead atoms. The maximum atomic E-state index is 11.0. The van der Waals surface area contributed by atoms with Crippen molar-refractivity contribution in [2.24, 2.45) is 13.0 Å². The molecule has 2 heterocycles. The summed E-state index contributed by atoms with van der Waals surface area (Å²) in [5.41, 5.74) is 1.77. The van der Waals surface area contributed by atoms with Gasteiger partial charge in [0, 0.05) is 19.2 Å². The van der Waals surface area contributed by atoms with Gasteiger partial charge in [0.1, 0.15) is 11.3 Å². The van der Waals surface area contributed by atoms with Gasteiger partial charge in [-0.25, -0.2) is 4.98 Å². The summed E-state index contributed by atoms with van der Waals surface area (Å²) in [6.45, 7) is 3.58. The summed E-state index contributed by atoms with van der Waals surface area (Å²) in [5.74, 6) is -0.617. The van der Waals surface area contributed by atoms with E-state index in [0.29, 0.717) is 0 Å². The molecule has 0 aliphatic heterocycles. The molecule has 0 aliphatic carbocycles. The highest BCUT2D eigenvalue weighted by Crippen LogP contribution is 2.26. The average molecular weight is 233 g/mol. The molecule has 2 aromatic rings. The van der Waals surface area contributed by atoms with Crippen LogP contribution in [0.3, 0.4) is 0 Å². The van der Waals surface area contributed by atoms with Crippen LogP contribution < -0.4 is 0 Å². The van der Waals surface area contributed by atoms with Gasteiger partial charge in [0.05, 0.1) is 17.6 Å². The number of carboxylic acid groups (broad SMARTS) is 1. The van der Waals surface area contributed by atoms with E-state index in [1.807, 2.05) is 24.6 Å². The van der Waals surface area contributed by atoms with Gasteiger partial charge in [-0.05, 0) is 6.07 Å². The molecule has 5 nitrogen and oxygen atoms in total. The van der Waals surface area contributed by atoms with Gasteiger partial charge in [0.15, 0.2) is 0 Å². The summed E-state index contributed by atoms with van der Waals surface area (Å²) in [6.07, 6.45) is 3.40. The summed E-state index contributed by atoms with van der Waals surface area (Å²) in [5, 5.41) is 9.03. The maximum Gasteiger partial charge on any atom is 0.306 e. The number of aromatic nitrogens is 3. The Bertz CT molecular complexity index is 562. The first-order valence-corrected chi connectivity index (χ1v) is 5.51. The molecule has 1 N–H and O–H groups in total. The van der Waals surface area contributed by atoms with Gasteiger partial charge in [-0.1, -0.05) is 13.8 Å².